The zero-order valence-electron chi connectivity index (χ0n) is 10.6. The van der Waals surface area contributed by atoms with Crippen molar-refractivity contribution in [1.29, 1.82) is 0 Å². The predicted molar refractivity (Wildman–Crippen MR) is 68.9 cm³/mol. The minimum Gasteiger partial charge on any atom is -0.477 e. The summed E-state index contributed by atoms with van der Waals surface area (Å²) in [7, 11) is 0. The highest BCUT2D eigenvalue weighted by atomic mass is 16.5. The Hall–Kier alpha value is -1.42. The summed E-state index contributed by atoms with van der Waals surface area (Å²) >= 11 is 0. The van der Waals surface area contributed by atoms with Gasteiger partial charge in [0.2, 0.25) is 5.88 Å². The van der Waals surface area contributed by atoms with Gasteiger partial charge in [0.25, 0.3) is 0 Å². The number of rotatable bonds is 8. The van der Waals surface area contributed by atoms with Crippen molar-refractivity contribution in [2.75, 3.05) is 6.61 Å². The van der Waals surface area contributed by atoms with Crippen LogP contribution in [-0.2, 0) is 6.54 Å². The second kappa shape index (κ2) is 7.79. The van der Waals surface area contributed by atoms with Gasteiger partial charge in [-0.3, -0.25) is 0 Å². The van der Waals surface area contributed by atoms with E-state index in [1.165, 1.54) is 0 Å². The molecule has 94 valence electrons. The Morgan fingerprint density at radius 1 is 1.41 bits per heavy atom. The number of hydrogen-bond acceptors (Lipinski definition) is 4. The maximum absolute atomic E-state index is 5.45. The molecule has 0 aliphatic carbocycles. The fourth-order valence-electron chi connectivity index (χ4n) is 1.23. The van der Waals surface area contributed by atoms with Crippen LogP contribution in [-0.4, -0.2) is 22.8 Å². The van der Waals surface area contributed by atoms with Crippen LogP contribution < -0.4 is 10.1 Å². The summed E-state index contributed by atoms with van der Waals surface area (Å²) < 4.78 is 5.45. The van der Waals surface area contributed by atoms with Crippen molar-refractivity contribution >= 4 is 0 Å². The average molecular weight is 235 g/mol. The molecule has 1 aromatic rings. The number of nitrogens with one attached hydrogen (secondary N) is 1. The molecule has 0 aliphatic heterocycles. The van der Waals surface area contributed by atoms with Gasteiger partial charge in [-0.15, -0.1) is 11.7 Å². The first kappa shape index (κ1) is 13.6. The maximum Gasteiger partial charge on any atom is 0.233 e. The van der Waals surface area contributed by atoms with Crippen molar-refractivity contribution in [3.63, 3.8) is 0 Å². The number of aromatic nitrogens is 2. The van der Waals surface area contributed by atoms with Crippen molar-refractivity contribution in [3.05, 3.63) is 30.5 Å². The highest BCUT2D eigenvalue weighted by Gasteiger charge is 1.99. The molecule has 1 heterocycles. The zero-order chi connectivity index (χ0) is 12.5. The molecule has 0 amide bonds. The van der Waals surface area contributed by atoms with E-state index in [1.54, 1.807) is 0 Å². The van der Waals surface area contributed by atoms with Crippen LogP contribution in [0.25, 0.3) is 0 Å². The predicted octanol–water partition coefficient (Wildman–Crippen LogP) is 2.32. The van der Waals surface area contributed by atoms with Gasteiger partial charge in [0.1, 0.15) is 0 Å². The van der Waals surface area contributed by atoms with E-state index < -0.39 is 0 Å². The number of allylic oxidation sites excluding steroid dienone is 1. The van der Waals surface area contributed by atoms with Crippen LogP contribution >= 0.6 is 0 Å². The van der Waals surface area contributed by atoms with Gasteiger partial charge in [-0.05, 0) is 18.9 Å². The normalized spacial score (nSPS) is 10.5. The first-order valence-electron chi connectivity index (χ1n) is 6.02. The van der Waals surface area contributed by atoms with Crippen molar-refractivity contribution in [3.8, 4) is 5.88 Å². The third-order valence-corrected chi connectivity index (χ3v) is 2.19. The molecule has 1 rings (SSSR count). The van der Waals surface area contributed by atoms with Crippen molar-refractivity contribution in [2.24, 2.45) is 0 Å². The summed E-state index contributed by atoms with van der Waals surface area (Å²) in [5.41, 5.74) is 0.928. The van der Waals surface area contributed by atoms with E-state index in [1.807, 2.05) is 18.2 Å². The van der Waals surface area contributed by atoms with E-state index in [-0.39, 0.29) is 0 Å². The molecular weight excluding hydrogens is 214 g/mol. The molecule has 1 N–H and O–H groups in total. The number of hydrogen-bond donors (Lipinski definition) is 1. The van der Waals surface area contributed by atoms with Crippen LogP contribution in [0.4, 0.5) is 0 Å². The molecule has 0 spiro atoms. The first-order chi connectivity index (χ1) is 8.22. The average Bonchev–Trinajstić information content (AvgIpc) is 2.33. The molecule has 0 saturated carbocycles. The molecule has 0 saturated heterocycles. The zero-order valence-corrected chi connectivity index (χ0v) is 10.6. The molecule has 0 aromatic carbocycles. The van der Waals surface area contributed by atoms with Gasteiger partial charge in [0.05, 0.1) is 12.3 Å². The third-order valence-electron chi connectivity index (χ3n) is 2.19. The molecule has 0 aliphatic rings. The summed E-state index contributed by atoms with van der Waals surface area (Å²) in [5.74, 6) is 0.586. The van der Waals surface area contributed by atoms with Gasteiger partial charge in [-0.1, -0.05) is 19.9 Å². The lowest BCUT2D eigenvalue weighted by Crippen LogP contribution is -2.22. The number of ether oxygens (including phenoxy) is 1. The monoisotopic (exact) mass is 235 g/mol. The molecule has 4 heteroatoms. The van der Waals surface area contributed by atoms with Crippen LogP contribution in [0.5, 0.6) is 5.88 Å². The highest BCUT2D eigenvalue weighted by Crippen LogP contribution is 2.05. The fraction of sp³-hybridized carbons (Fsp3) is 0.538. The van der Waals surface area contributed by atoms with E-state index >= 15 is 0 Å². The lowest BCUT2D eigenvalue weighted by molar-refractivity contribution is 0.296. The lowest BCUT2D eigenvalue weighted by atomic mass is 10.3. The summed E-state index contributed by atoms with van der Waals surface area (Å²) in [5, 5.41) is 11.4. The molecule has 0 fully saturated rings. The van der Waals surface area contributed by atoms with Gasteiger partial charge in [-0.25, -0.2) is 0 Å². The van der Waals surface area contributed by atoms with Crippen molar-refractivity contribution < 1.29 is 4.74 Å². The molecule has 0 unspecified atom stereocenters. The van der Waals surface area contributed by atoms with Crippen LogP contribution in [0.3, 0.4) is 0 Å². The highest BCUT2D eigenvalue weighted by molar-refractivity contribution is 5.11. The van der Waals surface area contributed by atoms with Gasteiger partial charge < -0.3 is 10.1 Å². The van der Waals surface area contributed by atoms with Crippen molar-refractivity contribution in [1.82, 2.24) is 15.5 Å². The van der Waals surface area contributed by atoms with Crippen LogP contribution in [0, 0.1) is 0 Å². The Morgan fingerprint density at radius 2 is 2.24 bits per heavy atom. The quantitative estimate of drug-likeness (QED) is 0.555. The molecule has 1 aromatic heterocycles. The van der Waals surface area contributed by atoms with E-state index in [2.05, 4.69) is 35.9 Å². The largest absolute Gasteiger partial charge is 0.477 e. The van der Waals surface area contributed by atoms with Crippen LogP contribution in [0.1, 0.15) is 32.4 Å². The summed E-state index contributed by atoms with van der Waals surface area (Å²) in [6.45, 7) is 9.26. The Labute approximate surface area is 103 Å². The standard InChI is InChI=1S/C13H21N3O/c1-4-5-6-9-17-13-8-7-12(15-16-13)10-14-11(2)3/h4,7-8,11,14H,1,5-6,9-10H2,2-3H3. The Bertz CT molecular complexity index is 322. The molecule has 17 heavy (non-hydrogen) atoms. The van der Waals surface area contributed by atoms with Crippen LogP contribution in [0.15, 0.2) is 24.8 Å². The Balaban J connectivity index is 2.31. The lowest BCUT2D eigenvalue weighted by Gasteiger charge is -2.07. The number of unbranched alkanes of at least 4 members (excludes halogenated alkanes) is 1. The molecule has 0 bridgehead atoms. The second-order valence-electron chi connectivity index (χ2n) is 4.18. The van der Waals surface area contributed by atoms with Gasteiger partial charge in [-0.2, -0.15) is 5.10 Å². The summed E-state index contributed by atoms with van der Waals surface area (Å²) in [4.78, 5) is 0. The SMILES string of the molecule is C=CCCCOc1ccc(CNC(C)C)nn1. The molecular formula is C13H21N3O. The molecule has 4 nitrogen and oxygen atoms in total. The fourth-order valence-corrected chi connectivity index (χ4v) is 1.23. The van der Waals surface area contributed by atoms with E-state index in [4.69, 9.17) is 4.74 Å². The smallest absolute Gasteiger partial charge is 0.233 e. The Morgan fingerprint density at radius 3 is 2.82 bits per heavy atom. The van der Waals surface area contributed by atoms with Crippen molar-refractivity contribution in [2.45, 2.75) is 39.3 Å². The topological polar surface area (TPSA) is 47.0 Å². The van der Waals surface area contributed by atoms with Gasteiger partial charge in [0, 0.05) is 18.7 Å². The van der Waals surface area contributed by atoms with E-state index in [0.717, 1.165) is 25.1 Å². The van der Waals surface area contributed by atoms with Gasteiger partial charge >= 0.3 is 0 Å². The minimum atomic E-state index is 0.451. The van der Waals surface area contributed by atoms with Crippen LogP contribution in [0.2, 0.25) is 0 Å². The maximum atomic E-state index is 5.45. The minimum absolute atomic E-state index is 0.451. The number of nitrogens with zero attached hydrogens (tertiary/aromatic N) is 2. The third kappa shape index (κ3) is 6.02. The molecule has 0 radical (unpaired) electrons. The second-order valence-corrected chi connectivity index (χ2v) is 4.18. The Kier molecular flexibility index (Phi) is 6.25. The van der Waals surface area contributed by atoms with E-state index in [0.29, 0.717) is 18.5 Å². The first-order valence-corrected chi connectivity index (χ1v) is 6.02. The molecule has 0 atom stereocenters. The summed E-state index contributed by atoms with van der Waals surface area (Å²) in [6, 6.07) is 4.25. The van der Waals surface area contributed by atoms with E-state index in [9.17, 15) is 0 Å². The van der Waals surface area contributed by atoms with Gasteiger partial charge in [0.15, 0.2) is 0 Å². The summed E-state index contributed by atoms with van der Waals surface area (Å²) in [6.07, 6.45) is 3.81.